The molecule has 0 spiro atoms. The third-order valence-electron chi connectivity index (χ3n) is 4.45. The van der Waals surface area contributed by atoms with Crippen LogP contribution in [0, 0.1) is 12.3 Å². The highest BCUT2D eigenvalue weighted by atomic mass is 32.2. The number of allylic oxidation sites excluding steroid dienone is 1. The molecule has 0 atom stereocenters. The Morgan fingerprint density at radius 3 is 2.79 bits per heavy atom. The fourth-order valence-electron chi connectivity index (χ4n) is 2.86. The van der Waals surface area contributed by atoms with Crippen LogP contribution in [0.15, 0.2) is 40.9 Å². The highest BCUT2D eigenvalue weighted by Crippen LogP contribution is 2.32. The molecule has 0 radical (unpaired) electrons. The van der Waals surface area contributed by atoms with Crippen molar-refractivity contribution in [3.63, 3.8) is 0 Å². The Balaban J connectivity index is 2.70. The number of nitrogens with one attached hydrogen (secondary N) is 1. The summed E-state index contributed by atoms with van der Waals surface area (Å²) in [4.78, 5) is 17.8. The summed E-state index contributed by atoms with van der Waals surface area (Å²) in [5.41, 5.74) is 1.59. The average molecular weight is 410 g/mol. The number of methoxy groups -OCH3 is 1. The van der Waals surface area contributed by atoms with Crippen LogP contribution in [-0.4, -0.2) is 29.5 Å². The maximum absolute atomic E-state index is 12.1. The van der Waals surface area contributed by atoms with Crippen LogP contribution in [0.5, 0.6) is 5.75 Å². The third-order valence-corrected chi connectivity index (χ3v) is 5.50. The van der Waals surface area contributed by atoms with Crippen LogP contribution in [0.1, 0.15) is 37.0 Å². The third kappa shape index (κ3) is 5.33. The van der Waals surface area contributed by atoms with Crippen molar-refractivity contribution in [1.82, 2.24) is 14.9 Å². The number of nitrogens with zero attached hydrogens (tertiary/aromatic N) is 2. The SMILES string of the molecule is C#CCCCn1c(Sc2cc(OC)ccc2C(C)=O)nc(=C(/C)NC)/c1=C\C=C. The number of ketones is 1. The van der Waals surface area contributed by atoms with Crippen molar-refractivity contribution in [3.8, 4) is 18.1 Å². The number of carbonyl (C=O) groups is 1. The number of aromatic nitrogens is 2. The summed E-state index contributed by atoms with van der Waals surface area (Å²) in [6.45, 7) is 8.11. The first-order valence-corrected chi connectivity index (χ1v) is 10.2. The molecule has 1 heterocycles. The van der Waals surface area contributed by atoms with Gasteiger partial charge < -0.3 is 14.6 Å². The number of Topliss-reactive ketones (excluding diaryl/α,β-unsaturated/α-hetero) is 1. The summed E-state index contributed by atoms with van der Waals surface area (Å²) in [7, 11) is 3.48. The van der Waals surface area contributed by atoms with Gasteiger partial charge in [-0.1, -0.05) is 24.4 Å². The van der Waals surface area contributed by atoms with Gasteiger partial charge in [-0.3, -0.25) is 4.79 Å². The van der Waals surface area contributed by atoms with E-state index in [0.29, 0.717) is 17.7 Å². The van der Waals surface area contributed by atoms with Crippen LogP contribution in [-0.2, 0) is 6.54 Å². The van der Waals surface area contributed by atoms with Gasteiger partial charge in [-0.05, 0) is 44.5 Å². The van der Waals surface area contributed by atoms with Crippen molar-refractivity contribution >= 4 is 29.3 Å². The van der Waals surface area contributed by atoms with E-state index in [9.17, 15) is 4.79 Å². The zero-order valence-electron chi connectivity index (χ0n) is 17.4. The second kappa shape index (κ2) is 10.6. The van der Waals surface area contributed by atoms with Gasteiger partial charge >= 0.3 is 0 Å². The molecule has 0 bridgehead atoms. The molecule has 6 heteroatoms. The van der Waals surface area contributed by atoms with Crippen molar-refractivity contribution in [3.05, 3.63) is 47.1 Å². The Morgan fingerprint density at radius 2 is 2.21 bits per heavy atom. The van der Waals surface area contributed by atoms with E-state index in [0.717, 1.165) is 39.4 Å². The standard InChI is InChI=1S/C23H27N3O2S/c1-7-9-10-14-26-20(11-8-2)22(16(3)24-5)25-23(26)29-21-15-18(28-6)12-13-19(21)17(4)27/h1,8,11-13,15,24H,2,9-10,14H2,3-6H3/b20-11+,22-16-. The molecule has 29 heavy (non-hydrogen) atoms. The van der Waals surface area contributed by atoms with Crippen LogP contribution in [0.3, 0.4) is 0 Å². The van der Waals surface area contributed by atoms with Crippen molar-refractivity contribution in [2.24, 2.45) is 0 Å². The molecular formula is C23H27N3O2S. The summed E-state index contributed by atoms with van der Waals surface area (Å²) in [5, 5.41) is 5.76. The first kappa shape index (κ1) is 22.4. The van der Waals surface area contributed by atoms with Crippen molar-refractivity contribution in [1.29, 1.82) is 0 Å². The number of unbranched alkanes of at least 4 members (excludes halogenated alkanes) is 1. The fourth-order valence-corrected chi connectivity index (χ4v) is 3.99. The van der Waals surface area contributed by atoms with E-state index in [1.54, 1.807) is 32.2 Å². The fraction of sp³-hybridized carbons (Fsp3) is 0.304. The van der Waals surface area contributed by atoms with E-state index in [1.807, 2.05) is 26.1 Å². The molecule has 1 aromatic carbocycles. The number of rotatable bonds is 9. The summed E-state index contributed by atoms with van der Waals surface area (Å²) >= 11 is 1.45. The Labute approximate surface area is 176 Å². The molecule has 0 unspecified atom stereocenters. The first-order chi connectivity index (χ1) is 14.0. The summed E-state index contributed by atoms with van der Waals surface area (Å²) in [6, 6.07) is 5.45. The van der Waals surface area contributed by atoms with Gasteiger partial charge in [0.2, 0.25) is 0 Å². The van der Waals surface area contributed by atoms with Gasteiger partial charge in [0.1, 0.15) is 11.1 Å². The molecule has 5 nitrogen and oxygen atoms in total. The number of hydrogen-bond donors (Lipinski definition) is 1. The van der Waals surface area contributed by atoms with Crippen LogP contribution in [0.4, 0.5) is 0 Å². The van der Waals surface area contributed by atoms with Gasteiger partial charge in [0, 0.05) is 36.2 Å². The Hall–Kier alpha value is -2.91. The highest BCUT2D eigenvalue weighted by Gasteiger charge is 2.16. The molecule has 0 aliphatic carbocycles. The van der Waals surface area contributed by atoms with Crippen molar-refractivity contribution in [2.45, 2.75) is 43.3 Å². The lowest BCUT2D eigenvalue weighted by Crippen LogP contribution is -2.34. The van der Waals surface area contributed by atoms with Crippen LogP contribution < -0.4 is 20.8 Å². The number of ether oxygens (including phenoxy) is 1. The zero-order chi connectivity index (χ0) is 21.4. The predicted octanol–water partition coefficient (Wildman–Crippen LogP) is 2.97. The molecule has 2 rings (SSSR count). The van der Waals surface area contributed by atoms with Crippen molar-refractivity contribution < 1.29 is 9.53 Å². The first-order valence-electron chi connectivity index (χ1n) is 9.35. The molecule has 2 aromatic rings. The van der Waals surface area contributed by atoms with Crippen LogP contribution in [0.25, 0.3) is 11.8 Å². The largest absolute Gasteiger partial charge is 0.497 e. The minimum absolute atomic E-state index is 0.00309. The topological polar surface area (TPSA) is 56.2 Å². The van der Waals surface area contributed by atoms with Crippen LogP contribution in [0.2, 0.25) is 0 Å². The molecule has 0 saturated heterocycles. The van der Waals surface area contributed by atoms with E-state index in [2.05, 4.69) is 22.4 Å². The average Bonchev–Trinajstić information content (AvgIpc) is 3.04. The molecule has 1 aromatic heterocycles. The molecule has 0 aliphatic rings. The molecule has 0 saturated carbocycles. The summed E-state index contributed by atoms with van der Waals surface area (Å²) in [5.74, 6) is 3.38. The van der Waals surface area contributed by atoms with Crippen LogP contribution >= 0.6 is 11.8 Å². The maximum Gasteiger partial charge on any atom is 0.174 e. The number of imidazole rings is 1. The van der Waals surface area contributed by atoms with Gasteiger partial charge in [-0.2, -0.15) is 0 Å². The molecule has 1 N–H and O–H groups in total. The van der Waals surface area contributed by atoms with Gasteiger partial charge in [0.25, 0.3) is 0 Å². The normalized spacial score (nSPS) is 12.3. The van der Waals surface area contributed by atoms with E-state index in [-0.39, 0.29) is 5.78 Å². The minimum Gasteiger partial charge on any atom is -0.497 e. The van der Waals surface area contributed by atoms with Gasteiger partial charge in [-0.25, -0.2) is 4.98 Å². The molecule has 152 valence electrons. The molecule has 0 fully saturated rings. The summed E-state index contributed by atoms with van der Waals surface area (Å²) < 4.78 is 7.48. The van der Waals surface area contributed by atoms with Crippen molar-refractivity contribution in [2.75, 3.05) is 14.2 Å². The number of carbonyl (C=O) groups excluding carboxylic acids is 1. The minimum atomic E-state index is -0.00309. The smallest absolute Gasteiger partial charge is 0.174 e. The lowest BCUT2D eigenvalue weighted by atomic mass is 10.1. The van der Waals surface area contributed by atoms with E-state index < -0.39 is 0 Å². The number of benzene rings is 1. The quantitative estimate of drug-likeness (QED) is 0.392. The lowest BCUT2D eigenvalue weighted by Gasteiger charge is -2.11. The van der Waals surface area contributed by atoms with Gasteiger partial charge in [-0.15, -0.1) is 12.3 Å². The maximum atomic E-state index is 12.1. The summed E-state index contributed by atoms with van der Waals surface area (Å²) in [6.07, 6.45) is 10.6. The number of terminal acetylenes is 1. The van der Waals surface area contributed by atoms with Gasteiger partial charge in [0.05, 0.1) is 12.5 Å². The number of hydrogen-bond acceptors (Lipinski definition) is 5. The second-order valence-corrected chi connectivity index (χ2v) is 7.39. The second-order valence-electron chi connectivity index (χ2n) is 6.39. The van der Waals surface area contributed by atoms with Gasteiger partial charge in [0.15, 0.2) is 10.9 Å². The predicted molar refractivity (Wildman–Crippen MR) is 119 cm³/mol. The lowest BCUT2D eigenvalue weighted by molar-refractivity contribution is 0.101. The molecule has 0 amide bonds. The Morgan fingerprint density at radius 1 is 1.45 bits per heavy atom. The molecule has 0 aliphatic heterocycles. The zero-order valence-corrected chi connectivity index (χ0v) is 18.2. The Kier molecular flexibility index (Phi) is 8.17. The van der Waals surface area contributed by atoms with E-state index >= 15 is 0 Å². The van der Waals surface area contributed by atoms with E-state index in [1.165, 1.54) is 11.8 Å². The molecular weight excluding hydrogens is 382 g/mol. The monoisotopic (exact) mass is 409 g/mol. The van der Waals surface area contributed by atoms with E-state index in [4.69, 9.17) is 16.1 Å². The Bertz CT molecular complexity index is 1060. The highest BCUT2D eigenvalue weighted by molar-refractivity contribution is 7.99.